The van der Waals surface area contributed by atoms with Crippen LogP contribution in [-0.4, -0.2) is 31.5 Å². The van der Waals surface area contributed by atoms with Gasteiger partial charge in [0, 0.05) is 24.7 Å². The molecule has 27 heavy (non-hydrogen) atoms. The van der Waals surface area contributed by atoms with Gasteiger partial charge in [-0.25, -0.2) is 0 Å². The van der Waals surface area contributed by atoms with Crippen LogP contribution in [-0.2, 0) is 9.59 Å². The summed E-state index contributed by atoms with van der Waals surface area (Å²) in [6, 6.07) is 7.66. The van der Waals surface area contributed by atoms with E-state index >= 15 is 0 Å². The van der Waals surface area contributed by atoms with Crippen molar-refractivity contribution in [2.24, 2.45) is 17.3 Å². The highest BCUT2D eigenvalue weighted by atomic mass is 16.5. The molecule has 1 N–H and O–H groups in total. The summed E-state index contributed by atoms with van der Waals surface area (Å²) in [5, 5.41) is 3.21. The molecule has 1 saturated carbocycles. The molecule has 1 aromatic carbocycles. The molecule has 0 aromatic heterocycles. The largest absolute Gasteiger partial charge is 0.497 e. The Balaban J connectivity index is 1.53. The van der Waals surface area contributed by atoms with Gasteiger partial charge in [-0.3, -0.25) is 9.59 Å². The summed E-state index contributed by atoms with van der Waals surface area (Å²) < 4.78 is 5.16. The first-order chi connectivity index (χ1) is 12.8. The number of carbonyl (C=O) groups excluding carboxylic acids is 2. The first kappa shape index (κ1) is 19.7. The molecule has 2 aliphatic rings. The van der Waals surface area contributed by atoms with Crippen molar-refractivity contribution in [1.82, 2.24) is 5.32 Å². The monoisotopic (exact) mass is 372 g/mol. The van der Waals surface area contributed by atoms with Gasteiger partial charge >= 0.3 is 0 Å². The third-order valence-corrected chi connectivity index (χ3v) is 6.18. The number of benzene rings is 1. The van der Waals surface area contributed by atoms with E-state index in [2.05, 4.69) is 26.1 Å². The second-order valence-electron chi connectivity index (χ2n) is 9.03. The molecule has 1 aromatic rings. The van der Waals surface area contributed by atoms with Crippen LogP contribution >= 0.6 is 0 Å². The van der Waals surface area contributed by atoms with Crippen molar-refractivity contribution in [2.75, 3.05) is 18.6 Å². The van der Waals surface area contributed by atoms with Crippen LogP contribution in [0.2, 0.25) is 0 Å². The zero-order valence-corrected chi connectivity index (χ0v) is 17.0. The smallest absolute Gasteiger partial charge is 0.227 e. The third kappa shape index (κ3) is 4.63. The zero-order chi connectivity index (χ0) is 19.6. The van der Waals surface area contributed by atoms with Crippen molar-refractivity contribution in [3.63, 3.8) is 0 Å². The average Bonchev–Trinajstić information content (AvgIpc) is 3.03. The lowest BCUT2D eigenvalue weighted by molar-refractivity contribution is -0.127. The number of nitrogens with zero attached hydrogens (tertiary/aromatic N) is 1. The van der Waals surface area contributed by atoms with Crippen LogP contribution in [0.5, 0.6) is 5.75 Å². The van der Waals surface area contributed by atoms with Gasteiger partial charge in [-0.1, -0.05) is 20.8 Å². The molecule has 0 bridgehead atoms. The van der Waals surface area contributed by atoms with E-state index in [4.69, 9.17) is 4.74 Å². The number of nitrogens with one attached hydrogen (secondary N) is 1. The van der Waals surface area contributed by atoms with Gasteiger partial charge in [0.25, 0.3) is 0 Å². The Bertz CT molecular complexity index is 670. The molecule has 0 unspecified atom stereocenters. The van der Waals surface area contributed by atoms with Crippen molar-refractivity contribution >= 4 is 17.5 Å². The molecular weight excluding hydrogens is 340 g/mol. The number of ether oxygens (including phenoxy) is 1. The first-order valence-electron chi connectivity index (χ1n) is 10.0. The zero-order valence-electron chi connectivity index (χ0n) is 17.0. The molecule has 1 saturated heterocycles. The summed E-state index contributed by atoms with van der Waals surface area (Å²) in [6.45, 7) is 7.35. The summed E-state index contributed by atoms with van der Waals surface area (Å²) in [4.78, 5) is 26.8. The fraction of sp³-hybridized carbons (Fsp3) is 0.636. The van der Waals surface area contributed by atoms with Crippen molar-refractivity contribution < 1.29 is 14.3 Å². The van der Waals surface area contributed by atoms with E-state index in [-0.39, 0.29) is 30.2 Å². The number of carbonyl (C=O) groups is 2. The summed E-state index contributed by atoms with van der Waals surface area (Å²) >= 11 is 0. The number of hydrogen-bond donors (Lipinski definition) is 1. The van der Waals surface area contributed by atoms with E-state index in [1.54, 1.807) is 12.0 Å². The molecule has 1 aliphatic heterocycles. The molecule has 5 nitrogen and oxygen atoms in total. The van der Waals surface area contributed by atoms with E-state index in [1.165, 1.54) is 0 Å². The summed E-state index contributed by atoms with van der Waals surface area (Å²) in [5.41, 5.74) is 1.16. The van der Waals surface area contributed by atoms with Crippen molar-refractivity contribution in [1.29, 1.82) is 0 Å². The fourth-order valence-corrected chi connectivity index (χ4v) is 4.32. The molecule has 2 amide bonds. The van der Waals surface area contributed by atoms with Gasteiger partial charge < -0.3 is 15.0 Å². The minimum Gasteiger partial charge on any atom is -0.497 e. The Labute approximate surface area is 162 Å². The molecule has 5 heteroatoms. The van der Waals surface area contributed by atoms with Gasteiger partial charge in [0.15, 0.2) is 0 Å². The number of methoxy groups -OCH3 is 1. The van der Waals surface area contributed by atoms with E-state index in [1.807, 2.05) is 24.3 Å². The van der Waals surface area contributed by atoms with E-state index < -0.39 is 0 Å². The maximum absolute atomic E-state index is 12.7. The lowest BCUT2D eigenvalue weighted by atomic mass is 9.71. The van der Waals surface area contributed by atoms with E-state index in [0.717, 1.165) is 43.0 Å². The molecule has 1 atom stereocenters. The first-order valence-corrected chi connectivity index (χ1v) is 10.0. The van der Waals surface area contributed by atoms with Gasteiger partial charge in [-0.15, -0.1) is 0 Å². The molecular formula is C22H32N2O3. The van der Waals surface area contributed by atoms with Crippen LogP contribution in [0, 0.1) is 17.3 Å². The average molecular weight is 373 g/mol. The SMILES string of the molecule is COc1ccc(N2C[C@@H](C(=O)NC3CCC(C(C)(C)C)CC3)CC2=O)cc1. The van der Waals surface area contributed by atoms with Gasteiger partial charge in [0.2, 0.25) is 11.8 Å². The van der Waals surface area contributed by atoms with Crippen molar-refractivity contribution in [3.05, 3.63) is 24.3 Å². The predicted octanol–water partition coefficient (Wildman–Crippen LogP) is 3.77. The number of hydrogen-bond acceptors (Lipinski definition) is 3. The van der Waals surface area contributed by atoms with E-state index in [9.17, 15) is 9.59 Å². The van der Waals surface area contributed by atoms with Crippen molar-refractivity contribution in [2.45, 2.75) is 58.9 Å². The fourth-order valence-electron chi connectivity index (χ4n) is 4.32. The third-order valence-electron chi connectivity index (χ3n) is 6.18. The number of rotatable bonds is 4. The Morgan fingerprint density at radius 3 is 2.30 bits per heavy atom. The minimum absolute atomic E-state index is 0.0109. The van der Waals surface area contributed by atoms with Gasteiger partial charge in [0.1, 0.15) is 5.75 Å². The summed E-state index contributed by atoms with van der Waals surface area (Å²) in [6.07, 6.45) is 4.69. The van der Waals surface area contributed by atoms with Gasteiger partial charge in [-0.05, 0) is 61.3 Å². The molecule has 148 valence electrons. The van der Waals surface area contributed by atoms with Crippen LogP contribution in [0.1, 0.15) is 52.9 Å². The Morgan fingerprint density at radius 1 is 1.11 bits per heavy atom. The van der Waals surface area contributed by atoms with E-state index in [0.29, 0.717) is 12.0 Å². The van der Waals surface area contributed by atoms with Crippen LogP contribution in [0.25, 0.3) is 0 Å². The van der Waals surface area contributed by atoms with Crippen LogP contribution in [0.3, 0.4) is 0 Å². The molecule has 0 radical (unpaired) electrons. The normalized spacial score (nSPS) is 26.1. The van der Waals surface area contributed by atoms with Crippen LogP contribution in [0.15, 0.2) is 24.3 Å². The van der Waals surface area contributed by atoms with Crippen molar-refractivity contribution in [3.8, 4) is 5.75 Å². The van der Waals surface area contributed by atoms with Gasteiger partial charge in [0.05, 0.1) is 13.0 Å². The summed E-state index contributed by atoms with van der Waals surface area (Å²) in [5.74, 6) is 1.25. The molecule has 0 spiro atoms. The van der Waals surface area contributed by atoms with Gasteiger partial charge in [-0.2, -0.15) is 0 Å². The Morgan fingerprint density at radius 2 is 1.74 bits per heavy atom. The Hall–Kier alpha value is -2.04. The number of anilines is 1. The second-order valence-corrected chi connectivity index (χ2v) is 9.03. The predicted molar refractivity (Wildman–Crippen MR) is 107 cm³/mol. The second kappa shape index (κ2) is 7.91. The molecule has 3 rings (SSSR count). The highest BCUT2D eigenvalue weighted by molar-refractivity contribution is 6.00. The number of amides is 2. The van der Waals surface area contributed by atoms with Crippen LogP contribution < -0.4 is 15.0 Å². The lowest BCUT2D eigenvalue weighted by Gasteiger charge is -2.37. The molecule has 2 fully saturated rings. The molecule has 1 heterocycles. The molecule has 1 aliphatic carbocycles. The quantitative estimate of drug-likeness (QED) is 0.875. The minimum atomic E-state index is -0.264. The highest BCUT2D eigenvalue weighted by Crippen LogP contribution is 2.38. The standard InChI is InChI=1S/C22H32N2O3/c1-22(2,3)16-5-7-17(8-6-16)23-21(26)15-13-20(25)24(14-15)18-9-11-19(27-4)12-10-18/h9-12,15-17H,5-8,13-14H2,1-4H3,(H,23,26)/t15-,16?,17?/m0/s1. The Kier molecular flexibility index (Phi) is 5.78. The maximum Gasteiger partial charge on any atom is 0.227 e. The topological polar surface area (TPSA) is 58.6 Å². The highest BCUT2D eigenvalue weighted by Gasteiger charge is 2.37. The summed E-state index contributed by atoms with van der Waals surface area (Å²) in [7, 11) is 1.62. The van der Waals surface area contributed by atoms with Crippen LogP contribution in [0.4, 0.5) is 5.69 Å². The lowest BCUT2D eigenvalue weighted by Crippen LogP contribution is -2.42. The maximum atomic E-state index is 12.7.